The van der Waals surface area contributed by atoms with Gasteiger partial charge in [0.1, 0.15) is 16.7 Å². The minimum atomic E-state index is -0.752. The largest absolute Gasteiger partial charge is 0.506 e. The number of halogens is 2. The molecule has 21 heavy (non-hydrogen) atoms. The van der Waals surface area contributed by atoms with Crippen LogP contribution < -0.4 is 11.3 Å². The van der Waals surface area contributed by atoms with E-state index in [1.54, 1.807) is 4.68 Å². The van der Waals surface area contributed by atoms with Crippen LogP contribution in [0.2, 0.25) is 5.15 Å². The Morgan fingerprint density at radius 3 is 2.67 bits per heavy atom. The summed E-state index contributed by atoms with van der Waals surface area (Å²) in [5.74, 6) is -1.13. The maximum Gasteiger partial charge on any atom is 0.276 e. The molecule has 6 nitrogen and oxygen atoms in total. The molecule has 1 aliphatic rings. The summed E-state index contributed by atoms with van der Waals surface area (Å²) in [6.45, 7) is 1.56. The number of anilines is 1. The van der Waals surface area contributed by atoms with E-state index in [9.17, 15) is 14.3 Å². The Labute approximate surface area is 124 Å². The molecule has 0 spiro atoms. The average Bonchev–Trinajstić information content (AvgIpc) is 2.63. The molecule has 112 valence electrons. The summed E-state index contributed by atoms with van der Waals surface area (Å²) in [5, 5.41) is 9.54. The number of benzene rings is 1. The van der Waals surface area contributed by atoms with Crippen LogP contribution >= 0.6 is 11.6 Å². The van der Waals surface area contributed by atoms with Crippen molar-refractivity contribution in [2.75, 3.05) is 18.9 Å². The van der Waals surface area contributed by atoms with Gasteiger partial charge in [-0.1, -0.05) is 11.6 Å². The first-order chi connectivity index (χ1) is 10.0. The normalized spacial score (nSPS) is 14.8. The van der Waals surface area contributed by atoms with E-state index in [-0.39, 0.29) is 27.7 Å². The zero-order valence-corrected chi connectivity index (χ0v) is 11.7. The number of phenolic OH excluding ortho intramolecular Hbond substituents is 1. The highest BCUT2D eigenvalue weighted by molar-refractivity contribution is 6.32. The van der Waals surface area contributed by atoms with Crippen LogP contribution in [-0.4, -0.2) is 27.7 Å². The molecule has 0 saturated carbocycles. The van der Waals surface area contributed by atoms with Crippen LogP contribution in [0, 0.1) is 5.82 Å². The number of ether oxygens (including phenoxy) is 1. The fourth-order valence-corrected chi connectivity index (χ4v) is 2.76. The molecule has 2 aromatic rings. The molecular weight excluding hydrogens is 301 g/mol. The number of fused-ring (bicyclic) bond motifs is 1. The van der Waals surface area contributed by atoms with E-state index < -0.39 is 11.4 Å². The van der Waals surface area contributed by atoms with Crippen molar-refractivity contribution in [1.82, 2.24) is 9.36 Å². The van der Waals surface area contributed by atoms with Gasteiger partial charge < -0.3 is 15.6 Å². The predicted octanol–water partition coefficient (Wildman–Crippen LogP) is 1.43. The van der Waals surface area contributed by atoms with E-state index in [4.69, 9.17) is 22.1 Å². The van der Waals surface area contributed by atoms with E-state index in [0.29, 0.717) is 26.3 Å². The van der Waals surface area contributed by atoms with Crippen molar-refractivity contribution in [3.8, 4) is 16.9 Å². The Hall–Kier alpha value is -1.99. The molecule has 3 N–H and O–H groups in total. The van der Waals surface area contributed by atoms with Gasteiger partial charge in [-0.2, -0.15) is 0 Å². The number of nitrogens with zero attached hydrogens (tertiary/aromatic N) is 2. The van der Waals surface area contributed by atoms with Gasteiger partial charge in [0, 0.05) is 11.6 Å². The Kier molecular flexibility index (Phi) is 3.38. The summed E-state index contributed by atoms with van der Waals surface area (Å²) >= 11 is 6.24. The second-order valence-electron chi connectivity index (χ2n) is 4.72. The lowest BCUT2D eigenvalue weighted by molar-refractivity contribution is 0.137. The molecule has 0 aliphatic carbocycles. The van der Waals surface area contributed by atoms with E-state index in [1.807, 2.05) is 0 Å². The van der Waals surface area contributed by atoms with Crippen LogP contribution in [-0.2, 0) is 17.8 Å². The number of phenols is 1. The third-order valence-electron chi connectivity index (χ3n) is 3.45. The first kappa shape index (κ1) is 14.0. The Balaban J connectivity index is 2.25. The zero-order valence-electron chi connectivity index (χ0n) is 11.0. The fourth-order valence-electron chi connectivity index (χ4n) is 2.40. The van der Waals surface area contributed by atoms with E-state index in [0.717, 1.165) is 6.07 Å². The van der Waals surface area contributed by atoms with Crippen molar-refractivity contribution >= 4 is 17.3 Å². The Morgan fingerprint density at radius 2 is 1.95 bits per heavy atom. The average molecular weight is 314 g/mol. The van der Waals surface area contributed by atoms with Crippen LogP contribution in [0.1, 0.15) is 0 Å². The summed E-state index contributed by atoms with van der Waals surface area (Å²) in [5.41, 5.74) is 5.18. The van der Waals surface area contributed by atoms with Gasteiger partial charge >= 0.3 is 0 Å². The molecule has 2 heterocycles. The van der Waals surface area contributed by atoms with Crippen LogP contribution in [0.4, 0.5) is 10.1 Å². The number of nitrogens with two attached hydrogens (primary N) is 1. The molecule has 0 atom stereocenters. The van der Waals surface area contributed by atoms with E-state index in [1.165, 1.54) is 10.7 Å². The van der Waals surface area contributed by atoms with Crippen molar-refractivity contribution in [3.63, 3.8) is 0 Å². The smallest absolute Gasteiger partial charge is 0.276 e. The number of rotatable bonds is 1. The van der Waals surface area contributed by atoms with Gasteiger partial charge in [-0.15, -0.1) is 0 Å². The minimum absolute atomic E-state index is 0.0170. The second kappa shape index (κ2) is 5.09. The van der Waals surface area contributed by atoms with Gasteiger partial charge in [-0.05, 0) is 6.07 Å². The van der Waals surface area contributed by atoms with Gasteiger partial charge in [0.05, 0.1) is 37.6 Å². The topological polar surface area (TPSA) is 82.4 Å². The maximum atomic E-state index is 14.1. The van der Waals surface area contributed by atoms with Gasteiger partial charge in [-0.3, -0.25) is 9.48 Å². The molecule has 1 aliphatic heterocycles. The summed E-state index contributed by atoms with van der Waals surface area (Å²) in [7, 11) is 0. The van der Waals surface area contributed by atoms with Crippen molar-refractivity contribution in [1.29, 1.82) is 0 Å². The highest BCUT2D eigenvalue weighted by Gasteiger charge is 2.24. The summed E-state index contributed by atoms with van der Waals surface area (Å²) in [6, 6.07) is 2.08. The van der Waals surface area contributed by atoms with Gasteiger partial charge in [0.2, 0.25) is 0 Å². The predicted molar refractivity (Wildman–Crippen MR) is 76.0 cm³/mol. The van der Waals surface area contributed by atoms with Crippen molar-refractivity contribution < 1.29 is 14.2 Å². The molecular formula is C13H13ClFN3O3. The number of aromatic nitrogens is 2. The highest BCUT2D eigenvalue weighted by Crippen LogP contribution is 2.33. The minimum Gasteiger partial charge on any atom is -0.506 e. The number of hydrogen-bond acceptors (Lipinski definition) is 4. The Bertz CT molecular complexity index is 769. The van der Waals surface area contributed by atoms with Crippen molar-refractivity contribution in [2.45, 2.75) is 13.1 Å². The fraction of sp³-hybridized carbons (Fsp3) is 0.308. The summed E-state index contributed by atoms with van der Waals surface area (Å²) < 4.78 is 22.3. The molecule has 1 aromatic carbocycles. The molecule has 8 heteroatoms. The first-order valence-corrected chi connectivity index (χ1v) is 6.73. The SMILES string of the molecule is Nc1cc(-c2c(Cl)n3n(c2=O)CCOCC3)c(F)cc1O. The van der Waals surface area contributed by atoms with Crippen LogP contribution in [0.15, 0.2) is 16.9 Å². The van der Waals surface area contributed by atoms with E-state index in [2.05, 4.69) is 0 Å². The van der Waals surface area contributed by atoms with Gasteiger partial charge in [-0.25, -0.2) is 9.07 Å². The monoisotopic (exact) mass is 313 g/mol. The van der Waals surface area contributed by atoms with Crippen molar-refractivity contribution in [3.05, 3.63) is 33.5 Å². The molecule has 3 rings (SSSR count). The molecule has 0 unspecified atom stereocenters. The molecule has 1 aromatic heterocycles. The van der Waals surface area contributed by atoms with Crippen LogP contribution in [0.3, 0.4) is 0 Å². The maximum absolute atomic E-state index is 14.1. The lowest BCUT2D eigenvalue weighted by Crippen LogP contribution is -2.23. The highest BCUT2D eigenvalue weighted by atomic mass is 35.5. The lowest BCUT2D eigenvalue weighted by atomic mass is 10.1. The van der Waals surface area contributed by atoms with Gasteiger partial charge in [0.15, 0.2) is 0 Å². The zero-order chi connectivity index (χ0) is 15.1. The molecule has 0 amide bonds. The number of hydrogen-bond donors (Lipinski definition) is 2. The summed E-state index contributed by atoms with van der Waals surface area (Å²) in [4.78, 5) is 12.5. The van der Waals surface area contributed by atoms with Crippen molar-refractivity contribution in [2.24, 2.45) is 0 Å². The number of aromatic hydroxyl groups is 1. The van der Waals surface area contributed by atoms with Crippen LogP contribution in [0.5, 0.6) is 5.75 Å². The lowest BCUT2D eigenvalue weighted by Gasteiger charge is -2.06. The molecule has 0 radical (unpaired) electrons. The third-order valence-corrected chi connectivity index (χ3v) is 3.84. The second-order valence-corrected chi connectivity index (χ2v) is 5.08. The first-order valence-electron chi connectivity index (χ1n) is 6.36. The Morgan fingerprint density at radius 1 is 1.29 bits per heavy atom. The quantitative estimate of drug-likeness (QED) is 0.616. The van der Waals surface area contributed by atoms with Crippen LogP contribution in [0.25, 0.3) is 11.1 Å². The molecule has 0 fully saturated rings. The van der Waals surface area contributed by atoms with Gasteiger partial charge in [0.25, 0.3) is 5.56 Å². The summed E-state index contributed by atoms with van der Waals surface area (Å²) in [6.07, 6.45) is 0. The molecule has 0 bridgehead atoms. The third kappa shape index (κ3) is 2.18. The standard InChI is InChI=1S/C13H13ClFN3O3/c14-12-11(7-5-9(16)10(19)6-8(7)15)13(20)18-2-4-21-3-1-17(12)18/h5-6,19H,1-4,16H2. The number of nitrogen functional groups attached to an aromatic ring is 1. The molecule has 0 saturated heterocycles. The van der Waals surface area contributed by atoms with E-state index >= 15 is 0 Å².